The Bertz CT molecular complexity index is 1280. The Morgan fingerprint density at radius 3 is 2.20 bits per heavy atom. The van der Waals surface area contributed by atoms with Gasteiger partial charge in [0.25, 0.3) is 10.0 Å². The first-order valence-corrected chi connectivity index (χ1v) is 13.2. The highest BCUT2D eigenvalue weighted by Crippen LogP contribution is 2.33. The zero-order chi connectivity index (χ0) is 25.0. The van der Waals surface area contributed by atoms with E-state index >= 15 is 0 Å². The number of hydrogen-bond acceptors (Lipinski definition) is 5. The highest BCUT2D eigenvalue weighted by Gasteiger charge is 2.31. The van der Waals surface area contributed by atoms with Crippen LogP contribution in [-0.2, 0) is 14.8 Å². The van der Waals surface area contributed by atoms with Crippen molar-refractivity contribution in [2.75, 3.05) is 49.0 Å². The van der Waals surface area contributed by atoms with E-state index in [1.54, 1.807) is 36.3 Å². The lowest BCUT2D eigenvalue weighted by Crippen LogP contribution is -2.52. The van der Waals surface area contributed by atoms with Crippen molar-refractivity contribution in [1.29, 1.82) is 0 Å². The number of sulfonamides is 1. The van der Waals surface area contributed by atoms with Crippen LogP contribution in [0.5, 0.6) is 5.75 Å². The fourth-order valence-corrected chi connectivity index (χ4v) is 5.95. The Kier molecular flexibility index (Phi) is 7.74. The molecule has 184 valence electrons. The van der Waals surface area contributed by atoms with Crippen molar-refractivity contribution in [1.82, 2.24) is 4.90 Å². The summed E-state index contributed by atoms with van der Waals surface area (Å²) in [4.78, 5) is 17.2. The summed E-state index contributed by atoms with van der Waals surface area (Å²) in [5.74, 6) is 0.480. The predicted molar refractivity (Wildman–Crippen MR) is 139 cm³/mol. The van der Waals surface area contributed by atoms with E-state index in [9.17, 15) is 13.2 Å². The van der Waals surface area contributed by atoms with Gasteiger partial charge in [0.05, 0.1) is 22.7 Å². The molecule has 1 saturated heterocycles. The molecule has 35 heavy (non-hydrogen) atoms. The quantitative estimate of drug-likeness (QED) is 0.445. The number of halogens is 2. The maximum atomic E-state index is 13.5. The van der Waals surface area contributed by atoms with E-state index in [-0.39, 0.29) is 28.1 Å². The maximum Gasteiger partial charge on any atom is 0.264 e. The fourth-order valence-electron chi connectivity index (χ4n) is 3.93. The van der Waals surface area contributed by atoms with Crippen LogP contribution in [0.2, 0.25) is 10.0 Å². The SMILES string of the molecule is COc1ccc(N2CCN(C(=O)CN(c3ccc(Cl)cc3Cl)S(=O)(=O)c3ccccc3)CC2)cc1. The molecule has 0 saturated carbocycles. The van der Waals surface area contributed by atoms with Crippen LogP contribution in [0.25, 0.3) is 0 Å². The van der Waals surface area contributed by atoms with Gasteiger partial charge in [0, 0.05) is 36.9 Å². The number of rotatable bonds is 7. The summed E-state index contributed by atoms with van der Waals surface area (Å²) < 4.78 is 33.3. The van der Waals surface area contributed by atoms with Gasteiger partial charge in [-0.1, -0.05) is 41.4 Å². The van der Waals surface area contributed by atoms with Crippen LogP contribution in [0.1, 0.15) is 0 Å². The van der Waals surface area contributed by atoms with E-state index in [2.05, 4.69) is 4.90 Å². The number of amides is 1. The Hall–Kier alpha value is -2.94. The fraction of sp³-hybridized carbons (Fsp3) is 0.240. The Balaban J connectivity index is 1.53. The second kappa shape index (κ2) is 10.8. The molecule has 0 unspecified atom stereocenters. The third kappa shape index (κ3) is 5.66. The number of carbonyl (C=O) groups is 1. The van der Waals surface area contributed by atoms with E-state index < -0.39 is 10.0 Å². The molecule has 0 N–H and O–H groups in total. The van der Waals surface area contributed by atoms with Gasteiger partial charge < -0.3 is 14.5 Å². The van der Waals surface area contributed by atoms with Crippen molar-refractivity contribution in [3.05, 3.63) is 82.8 Å². The van der Waals surface area contributed by atoms with E-state index in [4.69, 9.17) is 27.9 Å². The van der Waals surface area contributed by atoms with Gasteiger partial charge in [-0.15, -0.1) is 0 Å². The zero-order valence-corrected chi connectivity index (χ0v) is 21.4. The van der Waals surface area contributed by atoms with Crippen molar-refractivity contribution < 1.29 is 17.9 Å². The summed E-state index contributed by atoms with van der Waals surface area (Å²) in [6.45, 7) is 1.83. The van der Waals surface area contributed by atoms with Crippen molar-refractivity contribution in [3.8, 4) is 5.75 Å². The van der Waals surface area contributed by atoms with Crippen LogP contribution in [0.15, 0.2) is 77.7 Å². The molecule has 4 rings (SSSR count). The number of carbonyl (C=O) groups excluding carboxylic acids is 1. The van der Waals surface area contributed by atoms with Gasteiger partial charge in [-0.25, -0.2) is 8.42 Å². The van der Waals surface area contributed by atoms with Crippen molar-refractivity contribution in [3.63, 3.8) is 0 Å². The highest BCUT2D eigenvalue weighted by molar-refractivity contribution is 7.92. The average Bonchev–Trinajstić information content (AvgIpc) is 2.88. The molecule has 0 aliphatic carbocycles. The summed E-state index contributed by atoms with van der Waals surface area (Å²) in [6.07, 6.45) is 0. The van der Waals surface area contributed by atoms with Crippen LogP contribution in [-0.4, -0.2) is 59.1 Å². The first-order valence-electron chi connectivity index (χ1n) is 11.0. The summed E-state index contributed by atoms with van der Waals surface area (Å²) in [7, 11) is -2.42. The molecule has 1 heterocycles. The summed E-state index contributed by atoms with van der Waals surface area (Å²) in [5, 5.41) is 0.519. The molecule has 10 heteroatoms. The number of benzene rings is 3. The molecule has 3 aromatic carbocycles. The first kappa shape index (κ1) is 25.2. The molecular formula is C25H25Cl2N3O4S. The molecule has 7 nitrogen and oxygen atoms in total. The Morgan fingerprint density at radius 1 is 0.943 bits per heavy atom. The molecule has 3 aromatic rings. The Morgan fingerprint density at radius 2 is 1.60 bits per heavy atom. The van der Waals surface area contributed by atoms with Gasteiger partial charge in [0.15, 0.2) is 0 Å². The molecule has 0 radical (unpaired) electrons. The smallest absolute Gasteiger partial charge is 0.264 e. The summed E-state index contributed by atoms with van der Waals surface area (Å²) >= 11 is 12.4. The minimum Gasteiger partial charge on any atom is -0.497 e. The van der Waals surface area contributed by atoms with Crippen LogP contribution in [0.3, 0.4) is 0 Å². The predicted octanol–water partition coefficient (Wildman–Crippen LogP) is 4.55. The third-order valence-corrected chi connectivity index (χ3v) is 8.17. The molecule has 0 atom stereocenters. The van der Waals surface area contributed by atoms with E-state index in [1.165, 1.54) is 24.3 Å². The Labute approximate surface area is 215 Å². The number of hydrogen-bond donors (Lipinski definition) is 0. The standard InChI is InChI=1S/C25H25Cl2N3O4S/c1-34-21-10-8-20(9-11-21)28-13-15-29(16-14-28)25(31)18-30(24-12-7-19(26)17-23(24)27)35(32,33)22-5-3-2-4-6-22/h2-12,17H,13-16,18H2,1H3. The minimum absolute atomic E-state index is 0.0724. The first-order chi connectivity index (χ1) is 16.8. The molecule has 1 aliphatic heterocycles. The second-order valence-electron chi connectivity index (χ2n) is 7.99. The lowest BCUT2D eigenvalue weighted by Gasteiger charge is -2.37. The van der Waals surface area contributed by atoms with Crippen molar-refractivity contribution in [2.45, 2.75) is 4.90 Å². The summed E-state index contributed by atoms with van der Waals surface area (Å²) in [5.41, 5.74) is 1.24. The molecule has 1 amide bonds. The van der Waals surface area contributed by atoms with Crippen LogP contribution in [0.4, 0.5) is 11.4 Å². The average molecular weight is 534 g/mol. The third-order valence-electron chi connectivity index (χ3n) is 5.86. The molecule has 0 spiro atoms. The van der Waals surface area contributed by atoms with Crippen LogP contribution >= 0.6 is 23.2 Å². The van der Waals surface area contributed by atoms with Gasteiger partial charge >= 0.3 is 0 Å². The molecule has 0 bridgehead atoms. The lowest BCUT2D eigenvalue weighted by atomic mass is 10.2. The van der Waals surface area contributed by atoms with Crippen molar-refractivity contribution in [2.24, 2.45) is 0 Å². The van der Waals surface area contributed by atoms with Gasteiger partial charge in [0.2, 0.25) is 5.91 Å². The van der Waals surface area contributed by atoms with E-state index in [0.717, 1.165) is 15.7 Å². The lowest BCUT2D eigenvalue weighted by molar-refractivity contribution is -0.129. The number of anilines is 2. The van der Waals surface area contributed by atoms with E-state index in [1.807, 2.05) is 24.3 Å². The monoisotopic (exact) mass is 533 g/mol. The van der Waals surface area contributed by atoms with Crippen LogP contribution < -0.4 is 13.9 Å². The molecule has 1 fully saturated rings. The minimum atomic E-state index is -4.05. The maximum absolute atomic E-state index is 13.5. The normalized spacial score (nSPS) is 14.0. The zero-order valence-electron chi connectivity index (χ0n) is 19.1. The molecule has 0 aromatic heterocycles. The van der Waals surface area contributed by atoms with Crippen molar-refractivity contribution >= 4 is 50.5 Å². The number of ether oxygens (including phenoxy) is 1. The number of methoxy groups -OCH3 is 1. The molecular weight excluding hydrogens is 509 g/mol. The van der Waals surface area contributed by atoms with Crippen LogP contribution in [0, 0.1) is 0 Å². The van der Waals surface area contributed by atoms with Gasteiger partial charge in [-0.2, -0.15) is 0 Å². The second-order valence-corrected chi connectivity index (χ2v) is 10.7. The molecule has 1 aliphatic rings. The topological polar surface area (TPSA) is 70.2 Å². The highest BCUT2D eigenvalue weighted by atomic mass is 35.5. The largest absolute Gasteiger partial charge is 0.497 e. The van der Waals surface area contributed by atoms with Gasteiger partial charge in [-0.05, 0) is 54.6 Å². The number of nitrogens with zero attached hydrogens (tertiary/aromatic N) is 3. The van der Waals surface area contributed by atoms with Gasteiger partial charge in [-0.3, -0.25) is 9.10 Å². The van der Waals surface area contributed by atoms with E-state index in [0.29, 0.717) is 31.2 Å². The number of piperazine rings is 1. The summed E-state index contributed by atoms with van der Waals surface area (Å²) in [6, 6.07) is 20.3. The van der Waals surface area contributed by atoms with Gasteiger partial charge in [0.1, 0.15) is 12.3 Å².